The molecule has 0 spiro atoms. The van der Waals surface area contributed by atoms with Gasteiger partial charge in [0.15, 0.2) is 0 Å². The molecule has 0 aromatic heterocycles. The van der Waals surface area contributed by atoms with E-state index < -0.39 is 11.7 Å². The average Bonchev–Trinajstić information content (AvgIpc) is 2.65. The van der Waals surface area contributed by atoms with Crippen molar-refractivity contribution in [2.75, 3.05) is 32.8 Å². The Hall–Kier alpha value is -1.99. The van der Waals surface area contributed by atoms with Crippen LogP contribution in [0, 0.1) is 5.82 Å². The SMILES string of the molecule is O=C(CCNC(=O)c1ccccc1F)NCCCN1CCCCC1CO. The van der Waals surface area contributed by atoms with E-state index in [1.807, 2.05) is 0 Å². The summed E-state index contributed by atoms with van der Waals surface area (Å²) in [5.41, 5.74) is -0.0205. The van der Waals surface area contributed by atoms with E-state index in [2.05, 4.69) is 15.5 Å². The standard InChI is InChI=1S/C19H28FN3O3/c20-17-8-2-1-7-16(17)19(26)22-11-9-18(25)21-10-5-13-23-12-4-3-6-15(23)14-24/h1-2,7-8,15,24H,3-6,9-14H2,(H,21,25)(H,22,26). The summed E-state index contributed by atoms with van der Waals surface area (Å²) in [5.74, 6) is -1.24. The summed E-state index contributed by atoms with van der Waals surface area (Å²) in [6, 6.07) is 5.99. The number of aliphatic hydroxyl groups excluding tert-OH is 1. The van der Waals surface area contributed by atoms with Gasteiger partial charge in [-0.05, 0) is 37.9 Å². The number of likely N-dealkylation sites (tertiary alicyclic amines) is 1. The topological polar surface area (TPSA) is 81.7 Å². The molecule has 144 valence electrons. The Morgan fingerprint density at radius 1 is 1.19 bits per heavy atom. The monoisotopic (exact) mass is 365 g/mol. The van der Waals surface area contributed by atoms with Crippen molar-refractivity contribution in [1.29, 1.82) is 0 Å². The smallest absolute Gasteiger partial charge is 0.254 e. The van der Waals surface area contributed by atoms with Crippen molar-refractivity contribution in [2.24, 2.45) is 0 Å². The van der Waals surface area contributed by atoms with E-state index in [0.717, 1.165) is 38.8 Å². The maximum atomic E-state index is 13.5. The van der Waals surface area contributed by atoms with Crippen molar-refractivity contribution < 1.29 is 19.1 Å². The van der Waals surface area contributed by atoms with Gasteiger partial charge in [-0.15, -0.1) is 0 Å². The third kappa shape index (κ3) is 6.38. The highest BCUT2D eigenvalue weighted by atomic mass is 19.1. The van der Waals surface area contributed by atoms with Crippen LogP contribution in [-0.2, 0) is 4.79 Å². The van der Waals surface area contributed by atoms with Crippen molar-refractivity contribution in [3.8, 4) is 0 Å². The molecule has 0 radical (unpaired) electrons. The van der Waals surface area contributed by atoms with Crippen LogP contribution in [-0.4, -0.2) is 60.6 Å². The molecule has 0 bridgehead atoms. The van der Waals surface area contributed by atoms with Gasteiger partial charge in [-0.25, -0.2) is 4.39 Å². The first kappa shape index (κ1) is 20.3. The molecular formula is C19H28FN3O3. The second kappa shape index (κ2) is 10.9. The number of piperidine rings is 1. The van der Waals surface area contributed by atoms with Gasteiger partial charge in [0.1, 0.15) is 5.82 Å². The normalized spacial score (nSPS) is 17.7. The fourth-order valence-corrected chi connectivity index (χ4v) is 3.19. The Balaban J connectivity index is 1.58. The number of carbonyl (C=O) groups excluding carboxylic acids is 2. The summed E-state index contributed by atoms with van der Waals surface area (Å²) in [4.78, 5) is 25.9. The van der Waals surface area contributed by atoms with Gasteiger partial charge in [-0.3, -0.25) is 14.5 Å². The number of benzene rings is 1. The van der Waals surface area contributed by atoms with Gasteiger partial charge in [0.05, 0.1) is 12.2 Å². The first-order valence-electron chi connectivity index (χ1n) is 9.26. The molecule has 3 N–H and O–H groups in total. The van der Waals surface area contributed by atoms with Crippen molar-refractivity contribution in [3.63, 3.8) is 0 Å². The van der Waals surface area contributed by atoms with E-state index in [-0.39, 0.29) is 37.1 Å². The molecule has 1 fully saturated rings. The fourth-order valence-electron chi connectivity index (χ4n) is 3.19. The molecule has 1 saturated heterocycles. The molecule has 2 rings (SSSR count). The Bertz CT molecular complexity index is 597. The molecule has 1 aliphatic heterocycles. The number of aliphatic hydroxyl groups is 1. The van der Waals surface area contributed by atoms with E-state index in [4.69, 9.17) is 0 Å². The molecule has 1 aromatic carbocycles. The maximum Gasteiger partial charge on any atom is 0.254 e. The summed E-state index contributed by atoms with van der Waals surface area (Å²) in [7, 11) is 0. The first-order chi connectivity index (χ1) is 12.6. The lowest BCUT2D eigenvalue weighted by molar-refractivity contribution is -0.120. The van der Waals surface area contributed by atoms with E-state index in [1.54, 1.807) is 6.07 Å². The van der Waals surface area contributed by atoms with Gasteiger partial charge >= 0.3 is 0 Å². The molecule has 6 nitrogen and oxygen atoms in total. The molecular weight excluding hydrogens is 337 g/mol. The van der Waals surface area contributed by atoms with Gasteiger partial charge in [0.25, 0.3) is 5.91 Å². The van der Waals surface area contributed by atoms with Crippen LogP contribution in [0.1, 0.15) is 42.5 Å². The third-order valence-electron chi connectivity index (χ3n) is 4.66. The lowest BCUT2D eigenvalue weighted by Crippen LogP contribution is -2.43. The minimum absolute atomic E-state index is 0.0205. The minimum atomic E-state index is -0.576. The highest BCUT2D eigenvalue weighted by Crippen LogP contribution is 2.16. The summed E-state index contributed by atoms with van der Waals surface area (Å²) in [5, 5.41) is 14.8. The maximum absolute atomic E-state index is 13.5. The second-order valence-electron chi connectivity index (χ2n) is 6.56. The van der Waals surface area contributed by atoms with Crippen LogP contribution in [0.25, 0.3) is 0 Å². The molecule has 7 heteroatoms. The molecule has 1 aliphatic rings. The quantitative estimate of drug-likeness (QED) is 0.576. The summed E-state index contributed by atoms with van der Waals surface area (Å²) in [6.45, 7) is 2.78. The summed E-state index contributed by atoms with van der Waals surface area (Å²) >= 11 is 0. The Morgan fingerprint density at radius 2 is 2.00 bits per heavy atom. The number of rotatable bonds is 9. The number of amides is 2. The van der Waals surface area contributed by atoms with Gasteiger partial charge in [-0.1, -0.05) is 18.6 Å². The van der Waals surface area contributed by atoms with Crippen LogP contribution < -0.4 is 10.6 Å². The molecule has 0 aliphatic carbocycles. The number of hydrogen-bond acceptors (Lipinski definition) is 4. The predicted molar refractivity (Wildman–Crippen MR) is 97.3 cm³/mol. The third-order valence-corrected chi connectivity index (χ3v) is 4.66. The van der Waals surface area contributed by atoms with Crippen LogP contribution in [0.15, 0.2) is 24.3 Å². The Morgan fingerprint density at radius 3 is 2.77 bits per heavy atom. The molecule has 1 aromatic rings. The van der Waals surface area contributed by atoms with E-state index in [1.165, 1.54) is 18.2 Å². The zero-order valence-corrected chi connectivity index (χ0v) is 15.0. The van der Waals surface area contributed by atoms with Crippen LogP contribution >= 0.6 is 0 Å². The van der Waals surface area contributed by atoms with Crippen LogP contribution in [0.2, 0.25) is 0 Å². The number of halogens is 1. The lowest BCUT2D eigenvalue weighted by Gasteiger charge is -2.34. The molecule has 1 atom stereocenters. The van der Waals surface area contributed by atoms with Gasteiger partial charge in [0.2, 0.25) is 5.91 Å². The zero-order valence-electron chi connectivity index (χ0n) is 15.0. The number of nitrogens with zero attached hydrogens (tertiary/aromatic N) is 1. The number of nitrogens with one attached hydrogen (secondary N) is 2. The number of hydrogen-bond donors (Lipinski definition) is 3. The Kier molecular flexibility index (Phi) is 8.50. The van der Waals surface area contributed by atoms with Crippen LogP contribution in [0.4, 0.5) is 4.39 Å². The zero-order chi connectivity index (χ0) is 18.8. The van der Waals surface area contributed by atoms with Crippen LogP contribution in [0.3, 0.4) is 0 Å². The average molecular weight is 365 g/mol. The van der Waals surface area contributed by atoms with Crippen molar-refractivity contribution in [2.45, 2.75) is 38.1 Å². The van der Waals surface area contributed by atoms with Crippen molar-refractivity contribution in [3.05, 3.63) is 35.6 Å². The van der Waals surface area contributed by atoms with Gasteiger partial charge in [0, 0.05) is 32.1 Å². The second-order valence-corrected chi connectivity index (χ2v) is 6.56. The minimum Gasteiger partial charge on any atom is -0.395 e. The van der Waals surface area contributed by atoms with Gasteiger partial charge < -0.3 is 15.7 Å². The molecule has 0 saturated carbocycles. The van der Waals surface area contributed by atoms with Crippen LogP contribution in [0.5, 0.6) is 0 Å². The molecule has 1 unspecified atom stereocenters. The largest absolute Gasteiger partial charge is 0.395 e. The summed E-state index contributed by atoms with van der Waals surface area (Å²) in [6.07, 6.45) is 4.33. The van der Waals surface area contributed by atoms with Crippen molar-refractivity contribution in [1.82, 2.24) is 15.5 Å². The molecule has 1 heterocycles. The molecule has 2 amide bonds. The Labute approximate surface area is 153 Å². The highest BCUT2D eigenvalue weighted by molar-refractivity contribution is 5.94. The van der Waals surface area contributed by atoms with E-state index >= 15 is 0 Å². The van der Waals surface area contributed by atoms with E-state index in [9.17, 15) is 19.1 Å². The fraction of sp³-hybridized carbons (Fsp3) is 0.579. The van der Waals surface area contributed by atoms with Gasteiger partial charge in [-0.2, -0.15) is 0 Å². The van der Waals surface area contributed by atoms with E-state index in [0.29, 0.717) is 6.54 Å². The van der Waals surface area contributed by atoms with Crippen molar-refractivity contribution >= 4 is 11.8 Å². The summed E-state index contributed by atoms with van der Waals surface area (Å²) < 4.78 is 13.5. The molecule has 26 heavy (non-hydrogen) atoms. The predicted octanol–water partition coefficient (Wildman–Crippen LogP) is 1.30. The first-order valence-corrected chi connectivity index (χ1v) is 9.26. The highest BCUT2D eigenvalue weighted by Gasteiger charge is 2.20. The number of carbonyl (C=O) groups is 2. The lowest BCUT2D eigenvalue weighted by atomic mass is 10.0.